The maximum absolute atomic E-state index is 13.6. The van der Waals surface area contributed by atoms with Gasteiger partial charge in [0.15, 0.2) is 0 Å². The maximum Gasteiger partial charge on any atom is 0.269 e. The smallest absolute Gasteiger partial charge is 0.269 e. The van der Waals surface area contributed by atoms with Gasteiger partial charge in [-0.1, -0.05) is 48.5 Å². The molecule has 132 valence electrons. The summed E-state index contributed by atoms with van der Waals surface area (Å²) in [5, 5.41) is 6.06. The van der Waals surface area contributed by atoms with Crippen LogP contribution in [0.5, 0.6) is 0 Å². The molecule has 0 aliphatic rings. The van der Waals surface area contributed by atoms with Crippen molar-refractivity contribution in [2.24, 2.45) is 0 Å². The highest BCUT2D eigenvalue weighted by atomic mass is 19.1. The number of amides is 1. The Bertz CT molecular complexity index is 868. The number of carbonyl (C=O) groups excluding carboxylic acids is 1. The molecule has 3 rings (SSSR count). The highest BCUT2D eigenvalue weighted by Crippen LogP contribution is 2.11. The van der Waals surface area contributed by atoms with Gasteiger partial charge in [-0.3, -0.25) is 9.78 Å². The highest BCUT2D eigenvalue weighted by molar-refractivity contribution is 5.93. The lowest BCUT2D eigenvalue weighted by Gasteiger charge is -2.09. The Morgan fingerprint density at radius 3 is 2.58 bits per heavy atom. The van der Waals surface area contributed by atoms with E-state index in [2.05, 4.69) is 15.6 Å². The number of nitrogens with one attached hydrogen (secondary N) is 2. The Labute approximate surface area is 152 Å². The fourth-order valence-electron chi connectivity index (χ4n) is 2.57. The van der Waals surface area contributed by atoms with E-state index in [1.54, 1.807) is 30.5 Å². The summed E-state index contributed by atoms with van der Waals surface area (Å²) in [5.41, 5.74) is 2.89. The van der Waals surface area contributed by atoms with E-state index in [1.807, 2.05) is 36.4 Å². The molecule has 3 aromatic rings. The second-order valence-corrected chi connectivity index (χ2v) is 5.87. The van der Waals surface area contributed by atoms with E-state index >= 15 is 0 Å². The molecular weight excluding hydrogens is 329 g/mol. The van der Waals surface area contributed by atoms with Crippen LogP contribution in [0.15, 0.2) is 72.9 Å². The van der Waals surface area contributed by atoms with Crippen molar-refractivity contribution in [1.82, 2.24) is 10.3 Å². The van der Waals surface area contributed by atoms with Crippen LogP contribution in [0.1, 0.15) is 21.6 Å². The molecular formula is C21H20FN3O. The van der Waals surface area contributed by atoms with Crippen LogP contribution in [0.3, 0.4) is 0 Å². The minimum absolute atomic E-state index is 0.257. The number of anilines is 1. The molecule has 0 aliphatic carbocycles. The number of aromatic nitrogens is 1. The number of hydrogen-bond acceptors (Lipinski definition) is 3. The third kappa shape index (κ3) is 4.89. The zero-order valence-electron chi connectivity index (χ0n) is 14.3. The predicted octanol–water partition coefficient (Wildman–Crippen LogP) is 3.81. The van der Waals surface area contributed by atoms with Gasteiger partial charge in [0.2, 0.25) is 0 Å². The average Bonchev–Trinajstić information content (AvgIpc) is 2.69. The standard InChI is InChI=1S/C21H20FN3O/c22-19-9-5-4-8-17(19)10-12-24-21(26)20-14-18(11-13-23-20)25-15-16-6-2-1-3-7-16/h1-9,11,13-14H,10,12,15H2,(H,23,25)(H,24,26). The minimum Gasteiger partial charge on any atom is -0.381 e. The van der Waals surface area contributed by atoms with Gasteiger partial charge < -0.3 is 10.6 Å². The number of pyridine rings is 1. The molecule has 1 heterocycles. The largest absolute Gasteiger partial charge is 0.381 e. The topological polar surface area (TPSA) is 54.0 Å². The zero-order valence-corrected chi connectivity index (χ0v) is 14.3. The van der Waals surface area contributed by atoms with Crippen molar-refractivity contribution in [2.75, 3.05) is 11.9 Å². The molecule has 0 saturated heterocycles. The van der Waals surface area contributed by atoms with Crippen molar-refractivity contribution in [3.63, 3.8) is 0 Å². The first-order valence-electron chi connectivity index (χ1n) is 8.48. The number of benzene rings is 2. The van der Waals surface area contributed by atoms with Gasteiger partial charge in [-0.2, -0.15) is 0 Å². The molecule has 0 saturated carbocycles. The number of halogens is 1. The summed E-state index contributed by atoms with van der Waals surface area (Å²) in [4.78, 5) is 16.4. The lowest BCUT2D eigenvalue weighted by molar-refractivity contribution is 0.0949. The molecule has 0 radical (unpaired) electrons. The molecule has 0 spiro atoms. The normalized spacial score (nSPS) is 10.3. The third-order valence-electron chi connectivity index (χ3n) is 3.97. The molecule has 0 aliphatic heterocycles. The summed E-state index contributed by atoms with van der Waals surface area (Å²) < 4.78 is 13.6. The second-order valence-electron chi connectivity index (χ2n) is 5.87. The first-order chi connectivity index (χ1) is 12.7. The first kappa shape index (κ1) is 17.6. The van der Waals surface area contributed by atoms with Crippen molar-refractivity contribution < 1.29 is 9.18 Å². The predicted molar refractivity (Wildman–Crippen MR) is 100 cm³/mol. The fourth-order valence-corrected chi connectivity index (χ4v) is 2.57. The lowest BCUT2D eigenvalue weighted by Crippen LogP contribution is -2.26. The Kier molecular flexibility index (Phi) is 5.93. The zero-order chi connectivity index (χ0) is 18.2. The van der Waals surface area contributed by atoms with Crippen LogP contribution >= 0.6 is 0 Å². The Morgan fingerprint density at radius 1 is 1.00 bits per heavy atom. The monoisotopic (exact) mass is 349 g/mol. The number of hydrogen-bond donors (Lipinski definition) is 2. The summed E-state index contributed by atoms with van der Waals surface area (Å²) in [5.74, 6) is -0.531. The summed E-state index contributed by atoms with van der Waals surface area (Å²) in [6.45, 7) is 1.02. The van der Waals surface area contributed by atoms with E-state index in [9.17, 15) is 9.18 Å². The molecule has 4 nitrogen and oxygen atoms in total. The molecule has 0 atom stereocenters. The molecule has 5 heteroatoms. The van der Waals surface area contributed by atoms with E-state index < -0.39 is 0 Å². The van der Waals surface area contributed by atoms with Crippen LogP contribution in [0.2, 0.25) is 0 Å². The van der Waals surface area contributed by atoms with Crippen molar-refractivity contribution in [3.8, 4) is 0 Å². The number of carbonyl (C=O) groups is 1. The van der Waals surface area contributed by atoms with Crippen LogP contribution in [-0.2, 0) is 13.0 Å². The number of nitrogens with zero attached hydrogens (tertiary/aromatic N) is 1. The average molecular weight is 349 g/mol. The summed E-state index contributed by atoms with van der Waals surface area (Å²) >= 11 is 0. The van der Waals surface area contributed by atoms with Gasteiger partial charge in [0.25, 0.3) is 5.91 Å². The molecule has 0 unspecified atom stereocenters. The van der Waals surface area contributed by atoms with Crippen molar-refractivity contribution in [3.05, 3.63) is 95.6 Å². The van der Waals surface area contributed by atoms with E-state index in [-0.39, 0.29) is 11.7 Å². The van der Waals surface area contributed by atoms with Gasteiger partial charge in [-0.05, 0) is 35.7 Å². The van der Waals surface area contributed by atoms with Crippen LogP contribution in [0.25, 0.3) is 0 Å². The van der Waals surface area contributed by atoms with Crippen LogP contribution in [0, 0.1) is 5.82 Å². The van der Waals surface area contributed by atoms with E-state index in [1.165, 1.54) is 6.07 Å². The molecule has 1 amide bonds. The van der Waals surface area contributed by atoms with Gasteiger partial charge in [0.05, 0.1) is 0 Å². The van der Waals surface area contributed by atoms with Gasteiger partial charge >= 0.3 is 0 Å². The van der Waals surface area contributed by atoms with E-state index in [4.69, 9.17) is 0 Å². The molecule has 2 aromatic carbocycles. The number of rotatable bonds is 7. The van der Waals surface area contributed by atoms with Gasteiger partial charge in [-0.25, -0.2) is 4.39 Å². The Morgan fingerprint density at radius 2 is 1.77 bits per heavy atom. The molecule has 0 fully saturated rings. The molecule has 26 heavy (non-hydrogen) atoms. The third-order valence-corrected chi connectivity index (χ3v) is 3.97. The highest BCUT2D eigenvalue weighted by Gasteiger charge is 2.08. The van der Waals surface area contributed by atoms with E-state index in [0.717, 1.165) is 11.3 Å². The summed E-state index contributed by atoms with van der Waals surface area (Å²) in [7, 11) is 0. The van der Waals surface area contributed by atoms with Crippen molar-refractivity contribution >= 4 is 11.6 Å². The second kappa shape index (κ2) is 8.76. The molecule has 2 N–H and O–H groups in total. The first-order valence-corrected chi connectivity index (χ1v) is 8.48. The van der Waals surface area contributed by atoms with Crippen LogP contribution < -0.4 is 10.6 Å². The fraction of sp³-hybridized carbons (Fsp3) is 0.143. The summed E-state index contributed by atoms with van der Waals surface area (Å²) in [6.07, 6.45) is 2.03. The minimum atomic E-state index is -0.273. The van der Waals surface area contributed by atoms with Gasteiger partial charge in [0, 0.05) is 25.0 Å². The lowest BCUT2D eigenvalue weighted by atomic mass is 10.1. The van der Waals surface area contributed by atoms with Gasteiger partial charge in [0.1, 0.15) is 11.5 Å². The molecule has 1 aromatic heterocycles. The molecule has 0 bridgehead atoms. The SMILES string of the molecule is O=C(NCCc1ccccc1F)c1cc(NCc2ccccc2)ccn1. The van der Waals surface area contributed by atoms with Gasteiger partial charge in [-0.15, -0.1) is 0 Å². The quantitative estimate of drug-likeness (QED) is 0.682. The Balaban J connectivity index is 1.53. The van der Waals surface area contributed by atoms with Crippen LogP contribution in [0.4, 0.5) is 10.1 Å². The van der Waals surface area contributed by atoms with E-state index in [0.29, 0.717) is 30.8 Å². The van der Waals surface area contributed by atoms with Crippen molar-refractivity contribution in [2.45, 2.75) is 13.0 Å². The van der Waals surface area contributed by atoms with Crippen LogP contribution in [-0.4, -0.2) is 17.4 Å². The van der Waals surface area contributed by atoms with Crippen molar-refractivity contribution in [1.29, 1.82) is 0 Å². The Hall–Kier alpha value is -3.21. The summed E-state index contributed by atoms with van der Waals surface area (Å²) in [6, 6.07) is 20.1. The maximum atomic E-state index is 13.6.